The normalized spacial score (nSPS) is 10.1. The third-order valence-electron chi connectivity index (χ3n) is 3.25. The van der Waals surface area contributed by atoms with Crippen LogP contribution in [-0.2, 0) is 4.79 Å². The largest absolute Gasteiger partial charge is 0.490 e. The average Bonchev–Trinajstić information content (AvgIpc) is 2.62. The van der Waals surface area contributed by atoms with Gasteiger partial charge < -0.3 is 15.4 Å². The Morgan fingerprint density at radius 2 is 2.00 bits per heavy atom. The summed E-state index contributed by atoms with van der Waals surface area (Å²) >= 11 is 5.61. The van der Waals surface area contributed by atoms with E-state index in [9.17, 15) is 24.1 Å². The molecule has 2 aromatic rings. The van der Waals surface area contributed by atoms with E-state index in [1.165, 1.54) is 31.4 Å². The molecule has 0 bridgehead atoms. The lowest BCUT2D eigenvalue weighted by Gasteiger charge is -2.08. The first kappa shape index (κ1) is 19.1. The number of nitro benzene ring substituents is 1. The van der Waals surface area contributed by atoms with Crippen LogP contribution >= 0.6 is 11.6 Å². The third kappa shape index (κ3) is 4.67. The number of hydrogen-bond acceptors (Lipinski definition) is 5. The Morgan fingerprint density at radius 1 is 1.27 bits per heavy atom. The first-order valence-corrected chi connectivity index (χ1v) is 7.55. The van der Waals surface area contributed by atoms with Crippen molar-refractivity contribution in [2.75, 3.05) is 19.0 Å². The number of nitrogens with one attached hydrogen (secondary N) is 2. The topological polar surface area (TPSA) is 111 Å². The number of nitrogens with zero attached hydrogens (tertiary/aromatic N) is 1. The molecule has 2 N–H and O–H groups in total. The molecule has 0 aliphatic heterocycles. The number of hydrogen-bond donors (Lipinski definition) is 2. The van der Waals surface area contributed by atoms with Crippen molar-refractivity contribution in [2.24, 2.45) is 0 Å². The van der Waals surface area contributed by atoms with Crippen molar-refractivity contribution >= 4 is 34.8 Å². The smallest absolute Gasteiger partial charge is 0.311 e. The van der Waals surface area contributed by atoms with Crippen LogP contribution in [-0.4, -0.2) is 30.4 Å². The average molecular weight is 382 g/mol. The number of nitro groups is 1. The summed E-state index contributed by atoms with van der Waals surface area (Å²) in [6.07, 6.45) is 0. The van der Waals surface area contributed by atoms with Gasteiger partial charge in [-0.05, 0) is 30.3 Å². The van der Waals surface area contributed by atoms with Crippen LogP contribution in [0.1, 0.15) is 10.4 Å². The van der Waals surface area contributed by atoms with Gasteiger partial charge in [0.1, 0.15) is 5.82 Å². The lowest BCUT2D eigenvalue weighted by Crippen LogP contribution is -2.32. The molecule has 0 aromatic heterocycles. The molecule has 2 rings (SSSR count). The predicted octanol–water partition coefficient (Wildman–Crippen LogP) is 2.76. The van der Waals surface area contributed by atoms with Gasteiger partial charge in [-0.15, -0.1) is 0 Å². The zero-order chi connectivity index (χ0) is 19.3. The minimum absolute atomic E-state index is 0.00451. The van der Waals surface area contributed by atoms with Gasteiger partial charge in [0.15, 0.2) is 5.75 Å². The van der Waals surface area contributed by atoms with Gasteiger partial charge in [-0.3, -0.25) is 19.7 Å². The molecule has 0 radical (unpaired) electrons. The molecule has 8 nitrogen and oxygen atoms in total. The zero-order valence-electron chi connectivity index (χ0n) is 13.4. The summed E-state index contributed by atoms with van der Waals surface area (Å²) < 4.78 is 17.9. The molecule has 0 atom stereocenters. The number of anilines is 1. The van der Waals surface area contributed by atoms with Gasteiger partial charge in [0.25, 0.3) is 5.91 Å². The zero-order valence-corrected chi connectivity index (χ0v) is 14.2. The van der Waals surface area contributed by atoms with Gasteiger partial charge >= 0.3 is 5.69 Å². The highest BCUT2D eigenvalue weighted by molar-refractivity contribution is 6.31. The van der Waals surface area contributed by atoms with Crippen molar-refractivity contribution in [1.82, 2.24) is 5.32 Å². The first-order valence-electron chi connectivity index (χ1n) is 7.17. The standard InChI is InChI=1S/C16H13ClFN3O5/c1-26-14-5-2-9(6-13(14)21(24)25)16(23)19-8-15(22)20-10-3-4-12(18)11(17)7-10/h2-7H,8H2,1H3,(H,19,23)(H,20,22). The molecule has 0 aliphatic rings. The Morgan fingerprint density at radius 3 is 2.62 bits per heavy atom. The molecule has 2 aromatic carbocycles. The molecule has 0 spiro atoms. The van der Waals surface area contributed by atoms with Gasteiger partial charge in [-0.1, -0.05) is 11.6 Å². The van der Waals surface area contributed by atoms with Crippen molar-refractivity contribution in [2.45, 2.75) is 0 Å². The van der Waals surface area contributed by atoms with E-state index in [4.69, 9.17) is 16.3 Å². The fourth-order valence-electron chi connectivity index (χ4n) is 2.02. The molecule has 2 amide bonds. The second-order valence-electron chi connectivity index (χ2n) is 5.00. The van der Waals surface area contributed by atoms with Gasteiger partial charge in [-0.2, -0.15) is 0 Å². The minimum Gasteiger partial charge on any atom is -0.490 e. The molecule has 0 saturated heterocycles. The first-order chi connectivity index (χ1) is 12.3. The lowest BCUT2D eigenvalue weighted by molar-refractivity contribution is -0.385. The van der Waals surface area contributed by atoms with Gasteiger partial charge in [-0.25, -0.2) is 4.39 Å². The number of carbonyl (C=O) groups excluding carboxylic acids is 2. The lowest BCUT2D eigenvalue weighted by atomic mass is 10.1. The molecule has 10 heteroatoms. The molecule has 0 heterocycles. The van der Waals surface area contributed by atoms with E-state index in [0.717, 1.165) is 12.1 Å². The predicted molar refractivity (Wildman–Crippen MR) is 92.0 cm³/mol. The van der Waals surface area contributed by atoms with Crippen LogP contribution in [0.3, 0.4) is 0 Å². The van der Waals surface area contributed by atoms with Crippen LogP contribution < -0.4 is 15.4 Å². The van der Waals surface area contributed by atoms with Crippen molar-refractivity contribution in [3.8, 4) is 5.75 Å². The van der Waals surface area contributed by atoms with Crippen LogP contribution in [0.5, 0.6) is 5.75 Å². The van der Waals surface area contributed by atoms with Crippen LogP contribution in [0.4, 0.5) is 15.8 Å². The van der Waals surface area contributed by atoms with Gasteiger partial charge in [0.2, 0.25) is 5.91 Å². The molecule has 136 valence electrons. The number of amides is 2. The molecular formula is C16H13ClFN3O5. The fraction of sp³-hybridized carbons (Fsp3) is 0.125. The molecule has 0 fully saturated rings. The van der Waals surface area contributed by atoms with Crippen molar-refractivity contribution in [3.63, 3.8) is 0 Å². The Labute approximate surface area is 152 Å². The van der Waals surface area contributed by atoms with Crippen molar-refractivity contribution in [3.05, 3.63) is 62.9 Å². The summed E-state index contributed by atoms with van der Waals surface area (Å²) in [5, 5.41) is 15.6. The number of ether oxygens (including phenoxy) is 1. The summed E-state index contributed by atoms with van der Waals surface area (Å²) in [5.74, 6) is -1.87. The monoisotopic (exact) mass is 381 g/mol. The maximum absolute atomic E-state index is 13.1. The van der Waals surface area contributed by atoms with E-state index in [1.807, 2.05) is 0 Å². The summed E-state index contributed by atoms with van der Waals surface area (Å²) in [6.45, 7) is -0.395. The molecule has 26 heavy (non-hydrogen) atoms. The van der Waals surface area contributed by atoms with Crippen molar-refractivity contribution < 1.29 is 23.6 Å². The SMILES string of the molecule is COc1ccc(C(=O)NCC(=O)Nc2ccc(F)c(Cl)c2)cc1[N+](=O)[O-]. The van der Waals surface area contributed by atoms with Gasteiger partial charge in [0, 0.05) is 17.3 Å². The van der Waals surface area contributed by atoms with Gasteiger partial charge in [0.05, 0.1) is 23.6 Å². The highest BCUT2D eigenvalue weighted by atomic mass is 35.5. The Hall–Kier alpha value is -3.20. The van der Waals surface area contributed by atoms with E-state index in [1.54, 1.807) is 0 Å². The summed E-state index contributed by atoms with van der Waals surface area (Å²) in [5.41, 5.74) is -0.114. The second-order valence-corrected chi connectivity index (χ2v) is 5.41. The number of rotatable bonds is 6. The van der Waals surface area contributed by atoms with E-state index in [-0.39, 0.29) is 27.7 Å². The van der Waals surface area contributed by atoms with Crippen LogP contribution in [0, 0.1) is 15.9 Å². The second kappa shape index (κ2) is 8.26. The number of carbonyl (C=O) groups is 2. The molecule has 0 saturated carbocycles. The Balaban J connectivity index is 1.99. The highest BCUT2D eigenvalue weighted by Gasteiger charge is 2.18. The maximum Gasteiger partial charge on any atom is 0.311 e. The molecular weight excluding hydrogens is 369 g/mol. The fourth-order valence-corrected chi connectivity index (χ4v) is 2.20. The van der Waals surface area contributed by atoms with Crippen LogP contribution in [0.15, 0.2) is 36.4 Å². The van der Waals surface area contributed by atoms with E-state index < -0.39 is 29.1 Å². The summed E-state index contributed by atoms with van der Waals surface area (Å²) in [4.78, 5) is 34.2. The highest BCUT2D eigenvalue weighted by Crippen LogP contribution is 2.27. The number of methoxy groups -OCH3 is 1. The molecule has 0 unspecified atom stereocenters. The Kier molecular flexibility index (Phi) is 6.07. The number of benzene rings is 2. The minimum atomic E-state index is -0.680. The Bertz CT molecular complexity index is 875. The van der Waals surface area contributed by atoms with Crippen molar-refractivity contribution in [1.29, 1.82) is 0 Å². The van der Waals surface area contributed by atoms with E-state index >= 15 is 0 Å². The van der Waals surface area contributed by atoms with E-state index in [2.05, 4.69) is 10.6 Å². The molecule has 0 aliphatic carbocycles. The van der Waals surface area contributed by atoms with Crippen LogP contribution in [0.2, 0.25) is 5.02 Å². The summed E-state index contributed by atoms with van der Waals surface area (Å²) in [6, 6.07) is 7.29. The van der Waals surface area contributed by atoms with E-state index in [0.29, 0.717) is 0 Å². The number of halogens is 2. The van der Waals surface area contributed by atoms with Crippen LogP contribution in [0.25, 0.3) is 0 Å². The summed E-state index contributed by atoms with van der Waals surface area (Å²) in [7, 11) is 1.27. The maximum atomic E-state index is 13.1. The third-order valence-corrected chi connectivity index (χ3v) is 3.54. The quantitative estimate of drug-likeness (QED) is 0.590.